The van der Waals surface area contributed by atoms with Crippen LogP contribution in [0.25, 0.3) is 11.4 Å². The Balaban J connectivity index is 1.62. The Morgan fingerprint density at radius 2 is 1.90 bits per heavy atom. The molecule has 29 heavy (non-hydrogen) atoms. The van der Waals surface area contributed by atoms with E-state index in [-0.39, 0.29) is 21.8 Å². The molecule has 0 aliphatic heterocycles. The first kappa shape index (κ1) is 20.1. The van der Waals surface area contributed by atoms with E-state index in [0.717, 1.165) is 5.56 Å². The van der Waals surface area contributed by atoms with Crippen LogP contribution in [0.4, 0.5) is 5.69 Å². The normalized spacial score (nSPS) is 11.5. The molecule has 0 aliphatic rings. The molecule has 0 radical (unpaired) electrons. The summed E-state index contributed by atoms with van der Waals surface area (Å²) in [6.07, 6.45) is 2.21. The molecule has 0 spiro atoms. The summed E-state index contributed by atoms with van der Waals surface area (Å²) in [5, 5.41) is 11.6. The number of anilines is 1. The van der Waals surface area contributed by atoms with Crippen molar-refractivity contribution < 1.29 is 24.2 Å². The van der Waals surface area contributed by atoms with E-state index in [1.807, 2.05) is 0 Å². The van der Waals surface area contributed by atoms with Crippen molar-refractivity contribution in [3.8, 4) is 11.4 Å². The zero-order valence-corrected chi connectivity index (χ0v) is 15.9. The molecule has 3 rings (SSSR count). The lowest BCUT2D eigenvalue weighted by molar-refractivity contribution is -0.123. The number of nitrogens with one attached hydrogen (secondary N) is 2. The second kappa shape index (κ2) is 8.57. The number of hydrogen-bond acceptors (Lipinski definition) is 5. The van der Waals surface area contributed by atoms with Gasteiger partial charge in [-0.15, -0.1) is 0 Å². The molecule has 0 saturated heterocycles. The molecule has 0 aliphatic carbocycles. The van der Waals surface area contributed by atoms with Crippen LogP contribution in [-0.2, 0) is 9.53 Å². The van der Waals surface area contributed by atoms with Crippen LogP contribution in [0.15, 0.2) is 54.9 Å². The van der Waals surface area contributed by atoms with Gasteiger partial charge >= 0.3 is 11.9 Å². The Bertz CT molecular complexity index is 1050. The van der Waals surface area contributed by atoms with Gasteiger partial charge in [-0.25, -0.2) is 14.6 Å². The number of ether oxygens (including phenoxy) is 1. The van der Waals surface area contributed by atoms with Crippen molar-refractivity contribution in [1.82, 2.24) is 9.97 Å². The first-order valence-corrected chi connectivity index (χ1v) is 8.87. The molecule has 9 heteroatoms. The number of H-pyrrole nitrogens is 1. The van der Waals surface area contributed by atoms with Crippen molar-refractivity contribution >= 4 is 35.1 Å². The number of amides is 1. The van der Waals surface area contributed by atoms with E-state index in [1.165, 1.54) is 25.1 Å². The van der Waals surface area contributed by atoms with Gasteiger partial charge in [0.1, 0.15) is 5.82 Å². The molecule has 0 fully saturated rings. The van der Waals surface area contributed by atoms with Crippen LogP contribution in [0.3, 0.4) is 0 Å². The van der Waals surface area contributed by atoms with Crippen LogP contribution in [0.1, 0.15) is 27.6 Å². The number of imidazole rings is 1. The van der Waals surface area contributed by atoms with E-state index in [0.29, 0.717) is 5.82 Å². The van der Waals surface area contributed by atoms with E-state index < -0.39 is 23.9 Å². The van der Waals surface area contributed by atoms with Gasteiger partial charge in [0.15, 0.2) is 6.10 Å². The zero-order chi connectivity index (χ0) is 21.0. The average Bonchev–Trinajstić information content (AvgIpc) is 3.24. The molecular formula is C20H16ClN3O5. The van der Waals surface area contributed by atoms with Crippen LogP contribution in [0.5, 0.6) is 0 Å². The third-order valence-corrected chi connectivity index (χ3v) is 4.34. The van der Waals surface area contributed by atoms with Crippen molar-refractivity contribution in [3.05, 3.63) is 71.0 Å². The lowest BCUT2D eigenvalue weighted by Crippen LogP contribution is -2.30. The highest BCUT2D eigenvalue weighted by Crippen LogP contribution is 2.21. The third-order valence-electron chi connectivity index (χ3n) is 4.01. The summed E-state index contributed by atoms with van der Waals surface area (Å²) in [6, 6.07) is 10.6. The summed E-state index contributed by atoms with van der Waals surface area (Å²) < 4.78 is 5.19. The summed E-state index contributed by atoms with van der Waals surface area (Å²) in [7, 11) is 0. The minimum absolute atomic E-state index is 0.0490. The molecule has 148 valence electrons. The summed E-state index contributed by atoms with van der Waals surface area (Å²) in [6.45, 7) is 1.42. The predicted octanol–water partition coefficient (Wildman–Crippen LogP) is 3.61. The van der Waals surface area contributed by atoms with Gasteiger partial charge in [0, 0.05) is 23.6 Å². The number of nitrogens with zero attached hydrogens (tertiary/aromatic N) is 1. The minimum atomic E-state index is -1.22. The number of carboxylic acid groups (broad SMARTS) is 1. The van der Waals surface area contributed by atoms with Crippen LogP contribution in [0, 0.1) is 0 Å². The topological polar surface area (TPSA) is 121 Å². The molecule has 3 N–H and O–H groups in total. The van der Waals surface area contributed by atoms with Gasteiger partial charge in [0.25, 0.3) is 5.91 Å². The first-order chi connectivity index (χ1) is 13.8. The molecule has 3 aromatic rings. The lowest BCUT2D eigenvalue weighted by Gasteiger charge is -2.14. The summed E-state index contributed by atoms with van der Waals surface area (Å²) in [4.78, 5) is 42.8. The number of benzene rings is 2. The quantitative estimate of drug-likeness (QED) is 0.531. The van der Waals surface area contributed by atoms with Crippen molar-refractivity contribution in [1.29, 1.82) is 0 Å². The highest BCUT2D eigenvalue weighted by Gasteiger charge is 2.20. The van der Waals surface area contributed by atoms with Gasteiger partial charge in [-0.1, -0.05) is 23.7 Å². The highest BCUT2D eigenvalue weighted by atomic mass is 35.5. The Kier molecular flexibility index (Phi) is 5.94. The number of esters is 1. The summed E-state index contributed by atoms with van der Waals surface area (Å²) in [5.41, 5.74) is 1.15. The zero-order valence-electron chi connectivity index (χ0n) is 15.2. The highest BCUT2D eigenvalue weighted by molar-refractivity contribution is 6.33. The van der Waals surface area contributed by atoms with Gasteiger partial charge in [0.2, 0.25) is 0 Å². The largest absolute Gasteiger partial charge is 0.478 e. The predicted molar refractivity (Wildman–Crippen MR) is 106 cm³/mol. The third kappa shape index (κ3) is 4.80. The Hall–Kier alpha value is -3.65. The molecule has 1 unspecified atom stereocenters. The fraction of sp³-hybridized carbons (Fsp3) is 0.100. The van der Waals surface area contributed by atoms with E-state index in [2.05, 4.69) is 15.3 Å². The Morgan fingerprint density at radius 3 is 2.52 bits per heavy atom. The van der Waals surface area contributed by atoms with Gasteiger partial charge < -0.3 is 20.1 Å². The molecule has 8 nitrogen and oxygen atoms in total. The van der Waals surface area contributed by atoms with E-state index in [1.54, 1.807) is 36.7 Å². The molecule has 0 saturated carbocycles. The van der Waals surface area contributed by atoms with Crippen molar-refractivity contribution in [2.45, 2.75) is 13.0 Å². The lowest BCUT2D eigenvalue weighted by atomic mass is 10.1. The summed E-state index contributed by atoms with van der Waals surface area (Å²) in [5.74, 6) is -1.82. The van der Waals surface area contributed by atoms with Gasteiger partial charge in [-0.05, 0) is 37.3 Å². The fourth-order valence-corrected chi connectivity index (χ4v) is 2.68. The molecule has 2 aromatic carbocycles. The van der Waals surface area contributed by atoms with E-state index in [9.17, 15) is 14.4 Å². The number of rotatable bonds is 6. The molecule has 1 amide bonds. The second-order valence-electron chi connectivity index (χ2n) is 6.05. The van der Waals surface area contributed by atoms with Crippen LogP contribution in [-0.4, -0.2) is 39.0 Å². The van der Waals surface area contributed by atoms with Crippen molar-refractivity contribution in [2.75, 3.05) is 5.32 Å². The molecule has 1 atom stereocenters. The molecule has 1 aromatic heterocycles. The second-order valence-corrected chi connectivity index (χ2v) is 6.46. The van der Waals surface area contributed by atoms with Gasteiger partial charge in [0.05, 0.1) is 16.1 Å². The minimum Gasteiger partial charge on any atom is -0.478 e. The maximum Gasteiger partial charge on any atom is 0.338 e. The van der Waals surface area contributed by atoms with Crippen molar-refractivity contribution in [3.63, 3.8) is 0 Å². The number of aromatic nitrogens is 2. The number of halogens is 1. The smallest absolute Gasteiger partial charge is 0.338 e. The van der Waals surface area contributed by atoms with Crippen LogP contribution in [0.2, 0.25) is 5.02 Å². The van der Waals surface area contributed by atoms with Gasteiger partial charge in [-0.3, -0.25) is 4.79 Å². The van der Waals surface area contributed by atoms with Crippen LogP contribution < -0.4 is 5.32 Å². The standard InChI is InChI=1S/C20H16ClN3O5/c1-11(18(25)24-14-6-7-16(21)15(10-14)19(26)27)29-20(28)13-4-2-12(3-5-13)17-22-8-9-23-17/h2-11H,1H3,(H,22,23)(H,24,25)(H,26,27). The van der Waals surface area contributed by atoms with Gasteiger partial charge in [-0.2, -0.15) is 0 Å². The Morgan fingerprint density at radius 1 is 1.17 bits per heavy atom. The van der Waals surface area contributed by atoms with E-state index in [4.69, 9.17) is 21.4 Å². The molecular weight excluding hydrogens is 398 g/mol. The number of carbonyl (C=O) groups excluding carboxylic acids is 2. The number of aromatic carboxylic acids is 1. The number of carboxylic acids is 1. The monoisotopic (exact) mass is 413 g/mol. The van der Waals surface area contributed by atoms with Crippen LogP contribution >= 0.6 is 11.6 Å². The van der Waals surface area contributed by atoms with Crippen molar-refractivity contribution in [2.24, 2.45) is 0 Å². The molecule has 0 bridgehead atoms. The maximum atomic E-state index is 12.3. The molecule has 1 heterocycles. The summed E-state index contributed by atoms with van der Waals surface area (Å²) >= 11 is 5.80. The average molecular weight is 414 g/mol. The number of aromatic amines is 1. The fourth-order valence-electron chi connectivity index (χ4n) is 2.48. The van der Waals surface area contributed by atoms with E-state index >= 15 is 0 Å². The maximum absolute atomic E-state index is 12.3. The SMILES string of the molecule is CC(OC(=O)c1ccc(-c2ncc[nH]2)cc1)C(=O)Nc1ccc(Cl)c(C(=O)O)c1. The first-order valence-electron chi connectivity index (χ1n) is 8.49. The number of hydrogen-bond donors (Lipinski definition) is 3. The number of carbonyl (C=O) groups is 3. The Labute approximate surface area is 170 Å².